The third-order valence-corrected chi connectivity index (χ3v) is 5.46. The number of carboxylic acid groups (broad SMARTS) is 1. The summed E-state index contributed by atoms with van der Waals surface area (Å²) in [5, 5.41) is 14.5. The molecule has 1 saturated heterocycles. The van der Waals surface area contributed by atoms with Crippen LogP contribution in [0.15, 0.2) is 35.3 Å². The Balaban J connectivity index is 1.94. The minimum atomic E-state index is -1.09. The lowest BCUT2D eigenvalue weighted by atomic mass is 10.1. The van der Waals surface area contributed by atoms with E-state index < -0.39 is 41.8 Å². The predicted molar refractivity (Wildman–Crippen MR) is 125 cm³/mol. The minimum absolute atomic E-state index is 0.0908. The summed E-state index contributed by atoms with van der Waals surface area (Å²) in [5.74, 6) is -2.76. The second-order valence-electron chi connectivity index (χ2n) is 8.11. The van der Waals surface area contributed by atoms with Crippen LogP contribution in [0.4, 0.5) is 0 Å². The average molecular weight is 476 g/mol. The molecule has 0 saturated carbocycles. The van der Waals surface area contributed by atoms with Crippen LogP contribution in [0.25, 0.3) is 0 Å². The number of benzene rings is 1. The Morgan fingerprint density at radius 2 is 1.88 bits per heavy atom. The Hall–Kier alpha value is -3.67. The lowest BCUT2D eigenvalue weighted by molar-refractivity contribution is -0.149. The van der Waals surface area contributed by atoms with Crippen molar-refractivity contribution in [3.8, 4) is 0 Å². The fourth-order valence-corrected chi connectivity index (χ4v) is 3.75. The minimum Gasteiger partial charge on any atom is -0.480 e. The first kappa shape index (κ1) is 26.6. The van der Waals surface area contributed by atoms with E-state index in [-0.39, 0.29) is 25.5 Å². The molecule has 1 aromatic rings. The molecule has 0 aliphatic carbocycles. The summed E-state index contributed by atoms with van der Waals surface area (Å²) < 4.78 is 0. The van der Waals surface area contributed by atoms with Crippen molar-refractivity contribution in [2.75, 3.05) is 19.6 Å². The maximum Gasteiger partial charge on any atom is 0.326 e. The highest BCUT2D eigenvalue weighted by atomic mass is 16.4. The summed E-state index contributed by atoms with van der Waals surface area (Å²) >= 11 is 0. The quantitative estimate of drug-likeness (QED) is 0.116. The van der Waals surface area contributed by atoms with Crippen molar-refractivity contribution in [1.29, 1.82) is 0 Å². The molecule has 1 heterocycles. The van der Waals surface area contributed by atoms with Gasteiger partial charge in [0.25, 0.3) is 0 Å². The third-order valence-electron chi connectivity index (χ3n) is 5.46. The van der Waals surface area contributed by atoms with E-state index in [1.54, 1.807) is 0 Å². The molecule has 0 bridgehead atoms. The topological polar surface area (TPSA) is 206 Å². The fraction of sp³-hybridized carbons (Fsp3) is 0.500. The van der Waals surface area contributed by atoms with E-state index in [4.69, 9.17) is 17.2 Å². The van der Waals surface area contributed by atoms with Gasteiger partial charge in [-0.15, -0.1) is 0 Å². The number of rotatable bonds is 12. The summed E-state index contributed by atoms with van der Waals surface area (Å²) in [4.78, 5) is 54.4. The van der Waals surface area contributed by atoms with Crippen LogP contribution in [0.3, 0.4) is 0 Å². The summed E-state index contributed by atoms with van der Waals surface area (Å²) in [6.07, 6.45) is 1.81. The number of carbonyl (C=O) groups is 4. The number of likely N-dealkylation sites (tertiary alicyclic amines) is 1. The average Bonchev–Trinajstić information content (AvgIpc) is 3.30. The summed E-state index contributed by atoms with van der Waals surface area (Å²) in [6.45, 7) is 0.165. The fourth-order valence-electron chi connectivity index (χ4n) is 3.75. The van der Waals surface area contributed by atoms with E-state index >= 15 is 0 Å². The number of hydrogen-bond donors (Lipinski definition) is 6. The van der Waals surface area contributed by atoms with Gasteiger partial charge in [0, 0.05) is 13.1 Å². The highest BCUT2D eigenvalue weighted by molar-refractivity contribution is 5.92. The third kappa shape index (κ3) is 8.35. The van der Waals surface area contributed by atoms with E-state index in [0.29, 0.717) is 32.2 Å². The van der Waals surface area contributed by atoms with Crippen molar-refractivity contribution in [3.05, 3.63) is 35.9 Å². The van der Waals surface area contributed by atoms with E-state index in [0.717, 1.165) is 5.56 Å². The first-order chi connectivity index (χ1) is 16.2. The molecule has 1 aliphatic rings. The number of amides is 3. The number of aliphatic imine (C=N–C) groups is 1. The van der Waals surface area contributed by atoms with Gasteiger partial charge in [-0.3, -0.25) is 19.4 Å². The standard InChI is InChI=1S/C22H33N7O5/c23-15(12-14-6-2-1-3-7-14)19(31)27-13-18(30)28-16(8-4-10-26-22(24)25)20(32)29-11-5-9-17(29)21(33)34/h1-3,6-7,15-17H,4-5,8-13,23H2,(H,27,31)(H,28,30)(H,33,34)(H4,24,25,26). The van der Waals surface area contributed by atoms with Gasteiger partial charge in [0.05, 0.1) is 12.6 Å². The van der Waals surface area contributed by atoms with Gasteiger partial charge in [-0.25, -0.2) is 4.79 Å². The molecule has 0 spiro atoms. The number of aliphatic carboxylic acids is 1. The van der Waals surface area contributed by atoms with Crippen molar-refractivity contribution in [3.63, 3.8) is 0 Å². The van der Waals surface area contributed by atoms with Gasteiger partial charge in [0.15, 0.2) is 5.96 Å². The zero-order valence-electron chi connectivity index (χ0n) is 19.0. The summed E-state index contributed by atoms with van der Waals surface area (Å²) in [7, 11) is 0. The number of carboxylic acids is 1. The number of nitrogens with zero attached hydrogens (tertiary/aromatic N) is 2. The van der Waals surface area contributed by atoms with Crippen molar-refractivity contribution in [2.24, 2.45) is 22.2 Å². The van der Waals surface area contributed by atoms with Gasteiger partial charge in [0.1, 0.15) is 12.1 Å². The molecule has 9 N–H and O–H groups in total. The molecule has 0 radical (unpaired) electrons. The normalized spacial score (nSPS) is 16.9. The maximum atomic E-state index is 13.0. The second-order valence-corrected chi connectivity index (χ2v) is 8.11. The zero-order valence-corrected chi connectivity index (χ0v) is 19.0. The lowest BCUT2D eigenvalue weighted by Gasteiger charge is -2.27. The van der Waals surface area contributed by atoms with Gasteiger partial charge in [-0.2, -0.15) is 0 Å². The Morgan fingerprint density at radius 3 is 2.53 bits per heavy atom. The van der Waals surface area contributed by atoms with Crippen LogP contribution in [0.5, 0.6) is 0 Å². The van der Waals surface area contributed by atoms with E-state index in [2.05, 4.69) is 15.6 Å². The van der Waals surface area contributed by atoms with Crippen LogP contribution in [-0.2, 0) is 25.6 Å². The molecule has 2 rings (SSSR count). The van der Waals surface area contributed by atoms with Gasteiger partial charge >= 0.3 is 5.97 Å². The Morgan fingerprint density at radius 1 is 1.18 bits per heavy atom. The molecule has 3 atom stereocenters. The molecule has 1 aliphatic heterocycles. The molecule has 1 fully saturated rings. The number of nitrogens with two attached hydrogens (primary N) is 3. The highest BCUT2D eigenvalue weighted by Gasteiger charge is 2.37. The molecule has 12 heteroatoms. The van der Waals surface area contributed by atoms with Crippen LogP contribution in [0.2, 0.25) is 0 Å². The molecule has 1 aromatic carbocycles. The van der Waals surface area contributed by atoms with Gasteiger partial charge in [-0.1, -0.05) is 30.3 Å². The Kier molecular flexibility index (Phi) is 10.3. The smallest absolute Gasteiger partial charge is 0.326 e. The molecule has 186 valence electrons. The molecule has 3 unspecified atom stereocenters. The lowest BCUT2D eigenvalue weighted by Crippen LogP contribution is -2.54. The number of nitrogens with one attached hydrogen (secondary N) is 2. The Bertz CT molecular complexity index is 889. The van der Waals surface area contributed by atoms with Crippen molar-refractivity contribution in [1.82, 2.24) is 15.5 Å². The summed E-state index contributed by atoms with van der Waals surface area (Å²) in [6, 6.07) is 6.49. The van der Waals surface area contributed by atoms with Gasteiger partial charge in [0.2, 0.25) is 17.7 Å². The van der Waals surface area contributed by atoms with Crippen molar-refractivity contribution >= 4 is 29.7 Å². The van der Waals surface area contributed by atoms with Crippen molar-refractivity contribution < 1.29 is 24.3 Å². The monoisotopic (exact) mass is 475 g/mol. The van der Waals surface area contributed by atoms with E-state index in [1.807, 2.05) is 30.3 Å². The molecular weight excluding hydrogens is 442 g/mol. The molecule has 12 nitrogen and oxygen atoms in total. The predicted octanol–water partition coefficient (Wildman–Crippen LogP) is -1.71. The van der Waals surface area contributed by atoms with E-state index in [9.17, 15) is 24.3 Å². The van der Waals surface area contributed by atoms with Crippen molar-refractivity contribution in [2.45, 2.75) is 50.2 Å². The zero-order chi connectivity index (χ0) is 25.1. The highest BCUT2D eigenvalue weighted by Crippen LogP contribution is 2.19. The van der Waals surface area contributed by atoms with Crippen LogP contribution in [0, 0.1) is 0 Å². The SMILES string of the molecule is NC(N)=NCCCC(NC(=O)CNC(=O)C(N)Cc1ccccc1)C(=O)N1CCCC1C(=O)O. The maximum absolute atomic E-state index is 13.0. The van der Waals surface area contributed by atoms with Crippen LogP contribution in [0.1, 0.15) is 31.2 Å². The first-order valence-corrected chi connectivity index (χ1v) is 11.1. The molecule has 0 aromatic heterocycles. The first-order valence-electron chi connectivity index (χ1n) is 11.1. The number of hydrogen-bond acceptors (Lipinski definition) is 6. The summed E-state index contributed by atoms with van der Waals surface area (Å²) in [5.41, 5.74) is 17.4. The van der Waals surface area contributed by atoms with Crippen LogP contribution >= 0.6 is 0 Å². The largest absolute Gasteiger partial charge is 0.480 e. The van der Waals surface area contributed by atoms with Crippen LogP contribution < -0.4 is 27.8 Å². The number of carbonyl (C=O) groups excluding carboxylic acids is 3. The van der Waals surface area contributed by atoms with Crippen LogP contribution in [-0.4, -0.2) is 77.4 Å². The Labute approximate surface area is 197 Å². The molecule has 34 heavy (non-hydrogen) atoms. The van der Waals surface area contributed by atoms with Gasteiger partial charge in [-0.05, 0) is 37.7 Å². The van der Waals surface area contributed by atoms with E-state index in [1.165, 1.54) is 4.90 Å². The molecular formula is C22H33N7O5. The molecule has 3 amide bonds. The second kappa shape index (κ2) is 13.1. The van der Waals surface area contributed by atoms with Gasteiger partial charge < -0.3 is 37.8 Å². The number of guanidine groups is 1.